The van der Waals surface area contributed by atoms with Crippen LogP contribution in [0.3, 0.4) is 0 Å². The normalized spacial score (nSPS) is 18.1. The first kappa shape index (κ1) is 6.89. The first-order valence-corrected chi connectivity index (χ1v) is 4.20. The van der Waals surface area contributed by atoms with Crippen LogP contribution in [0.15, 0.2) is 0 Å². The van der Waals surface area contributed by atoms with Gasteiger partial charge in [0.05, 0.1) is 6.37 Å². The molecule has 0 aromatic carbocycles. The van der Waals surface area contributed by atoms with E-state index in [1.54, 1.807) is 7.05 Å². The van der Waals surface area contributed by atoms with Gasteiger partial charge in [-0.25, -0.2) is 0 Å². The molecule has 0 rings (SSSR count). The molecule has 0 aromatic heterocycles. The standard InChI is InChI=1S/C9H19NO2/c1-3-4-5-7-10(2)8-6-9(11)12/h3-8H2,1-2H3,(H,11,12)/i6D2,8D. The van der Waals surface area contributed by atoms with Crippen LogP contribution in [0.25, 0.3) is 0 Å². The molecule has 0 radical (unpaired) electrons. The van der Waals surface area contributed by atoms with Crippen molar-refractivity contribution in [2.45, 2.75) is 32.6 Å². The second-order valence-corrected chi connectivity index (χ2v) is 2.77. The number of hydrogen-bond donors (Lipinski definition) is 1. The van der Waals surface area contributed by atoms with E-state index in [1.807, 2.05) is 0 Å². The van der Waals surface area contributed by atoms with Gasteiger partial charge in [0, 0.05) is 10.6 Å². The highest BCUT2D eigenvalue weighted by Crippen LogP contribution is 1.96. The Morgan fingerprint density at radius 2 is 2.25 bits per heavy atom. The summed E-state index contributed by atoms with van der Waals surface area (Å²) in [4.78, 5) is 12.0. The molecule has 0 aliphatic rings. The highest BCUT2D eigenvalue weighted by atomic mass is 16.4. The highest BCUT2D eigenvalue weighted by molar-refractivity contribution is 5.66. The largest absolute Gasteiger partial charge is 0.481 e. The number of carbonyl (C=O) groups is 1. The number of rotatable bonds is 7. The van der Waals surface area contributed by atoms with Gasteiger partial charge in [-0.15, -0.1) is 0 Å². The SMILES string of the molecule is [2H]C(N(C)CCCCC)C([2H])([2H])C(=O)O. The Hall–Kier alpha value is -0.570. The zero-order valence-corrected chi connectivity index (χ0v) is 7.71. The average Bonchev–Trinajstić information content (AvgIpc) is 2.16. The first-order chi connectivity index (χ1) is 6.84. The summed E-state index contributed by atoms with van der Waals surface area (Å²) in [5.41, 5.74) is 0. The van der Waals surface area contributed by atoms with Crippen molar-refractivity contribution in [3.05, 3.63) is 0 Å². The van der Waals surface area contributed by atoms with Gasteiger partial charge in [0.15, 0.2) is 0 Å². The average molecular weight is 176 g/mol. The van der Waals surface area contributed by atoms with Gasteiger partial charge < -0.3 is 10.0 Å². The Labute approximate surface area is 78.6 Å². The molecule has 0 aliphatic heterocycles. The minimum Gasteiger partial charge on any atom is -0.481 e. The molecule has 0 spiro atoms. The fourth-order valence-electron chi connectivity index (χ4n) is 0.841. The number of hydrogen-bond acceptors (Lipinski definition) is 2. The first-order valence-electron chi connectivity index (χ1n) is 5.77. The van der Waals surface area contributed by atoms with Crippen LogP contribution in [0.4, 0.5) is 0 Å². The lowest BCUT2D eigenvalue weighted by Gasteiger charge is -2.14. The summed E-state index contributed by atoms with van der Waals surface area (Å²) in [6.45, 7) is 1.25. The Bertz CT molecular complexity index is 212. The topological polar surface area (TPSA) is 40.5 Å². The lowest BCUT2D eigenvalue weighted by Crippen LogP contribution is -2.22. The van der Waals surface area contributed by atoms with Crippen LogP contribution in [0.1, 0.15) is 36.7 Å². The zero-order chi connectivity index (χ0) is 12.1. The lowest BCUT2D eigenvalue weighted by molar-refractivity contribution is -0.137. The minimum absolute atomic E-state index is 0.550. The maximum Gasteiger partial charge on any atom is 0.304 e. The van der Waals surface area contributed by atoms with Crippen LogP contribution >= 0.6 is 0 Å². The molecule has 0 aromatic rings. The van der Waals surface area contributed by atoms with Gasteiger partial charge in [-0.05, 0) is 20.0 Å². The summed E-state index contributed by atoms with van der Waals surface area (Å²) in [5, 5.41) is 8.61. The van der Waals surface area contributed by atoms with Gasteiger partial charge in [0.25, 0.3) is 0 Å². The van der Waals surface area contributed by atoms with Gasteiger partial charge in [0.2, 0.25) is 0 Å². The predicted octanol–water partition coefficient (Wildman–Crippen LogP) is 1.58. The molecule has 72 valence electrons. The summed E-state index contributed by atoms with van der Waals surface area (Å²) in [6, 6.07) is 0. The van der Waals surface area contributed by atoms with Gasteiger partial charge in [-0.2, -0.15) is 0 Å². The van der Waals surface area contributed by atoms with Crippen molar-refractivity contribution in [1.29, 1.82) is 0 Å². The predicted molar refractivity (Wildman–Crippen MR) is 49.3 cm³/mol. The van der Waals surface area contributed by atoms with E-state index < -0.39 is 18.9 Å². The van der Waals surface area contributed by atoms with Gasteiger partial charge >= 0.3 is 5.97 Å². The number of nitrogens with zero attached hydrogens (tertiary/aromatic N) is 1. The Balaban J connectivity index is 4.18. The summed E-state index contributed by atoms with van der Waals surface area (Å²) in [5.74, 6) is -1.58. The third-order valence-electron chi connectivity index (χ3n) is 1.52. The Morgan fingerprint density at radius 3 is 2.75 bits per heavy atom. The molecular formula is C9H19NO2. The minimum atomic E-state index is -2.51. The molecule has 0 saturated carbocycles. The number of carboxylic acid groups (broad SMARTS) is 1. The van der Waals surface area contributed by atoms with E-state index in [0.717, 1.165) is 19.3 Å². The second-order valence-electron chi connectivity index (χ2n) is 2.77. The van der Waals surface area contributed by atoms with Crippen molar-refractivity contribution in [2.24, 2.45) is 0 Å². The van der Waals surface area contributed by atoms with Crippen LogP contribution in [0.5, 0.6) is 0 Å². The second kappa shape index (κ2) is 7.10. The molecule has 1 atom stereocenters. The van der Waals surface area contributed by atoms with E-state index in [0.29, 0.717) is 6.54 Å². The quantitative estimate of drug-likeness (QED) is 0.599. The molecule has 12 heavy (non-hydrogen) atoms. The van der Waals surface area contributed by atoms with Gasteiger partial charge in [0.1, 0.15) is 0 Å². The lowest BCUT2D eigenvalue weighted by atomic mass is 10.2. The maximum absolute atomic E-state index is 10.6. The van der Waals surface area contributed by atoms with Crippen LogP contribution < -0.4 is 0 Å². The number of carboxylic acids is 1. The third kappa shape index (κ3) is 7.54. The van der Waals surface area contributed by atoms with Crippen LogP contribution in [0.2, 0.25) is 0 Å². The summed E-state index contributed by atoms with van der Waals surface area (Å²) < 4.78 is 22.0. The smallest absolute Gasteiger partial charge is 0.304 e. The monoisotopic (exact) mass is 176 g/mol. The van der Waals surface area contributed by atoms with E-state index in [2.05, 4.69) is 6.92 Å². The third-order valence-corrected chi connectivity index (χ3v) is 1.52. The maximum atomic E-state index is 10.6. The highest BCUT2D eigenvalue weighted by Gasteiger charge is 2.00. The molecule has 0 amide bonds. The van der Waals surface area contributed by atoms with E-state index >= 15 is 0 Å². The molecule has 0 saturated heterocycles. The summed E-state index contributed by atoms with van der Waals surface area (Å²) >= 11 is 0. The van der Waals surface area contributed by atoms with E-state index in [1.165, 1.54) is 4.90 Å². The van der Waals surface area contributed by atoms with E-state index in [4.69, 9.17) is 9.22 Å². The molecule has 0 aliphatic carbocycles. The van der Waals surface area contributed by atoms with Crippen molar-refractivity contribution in [3.8, 4) is 0 Å². The van der Waals surface area contributed by atoms with Crippen LogP contribution in [-0.2, 0) is 4.79 Å². The molecular weight excluding hydrogens is 154 g/mol. The molecule has 1 N–H and O–H groups in total. The fourth-order valence-corrected chi connectivity index (χ4v) is 0.841. The van der Waals surface area contributed by atoms with Crippen molar-refractivity contribution in [2.75, 3.05) is 20.1 Å². The van der Waals surface area contributed by atoms with E-state index in [-0.39, 0.29) is 0 Å². The molecule has 0 heterocycles. The molecule has 3 heteroatoms. The van der Waals surface area contributed by atoms with Crippen molar-refractivity contribution >= 4 is 5.97 Å². The van der Waals surface area contributed by atoms with E-state index in [9.17, 15) is 4.79 Å². The van der Waals surface area contributed by atoms with Crippen molar-refractivity contribution < 1.29 is 14.0 Å². The number of unbranched alkanes of at least 4 members (excludes halogenated alkanes) is 2. The fraction of sp³-hybridized carbons (Fsp3) is 0.889. The molecule has 1 unspecified atom stereocenters. The van der Waals surface area contributed by atoms with Crippen molar-refractivity contribution in [3.63, 3.8) is 0 Å². The Kier molecular flexibility index (Phi) is 4.08. The van der Waals surface area contributed by atoms with Crippen LogP contribution in [0, 0.1) is 0 Å². The molecule has 0 bridgehead atoms. The molecule has 3 nitrogen and oxygen atoms in total. The van der Waals surface area contributed by atoms with Crippen molar-refractivity contribution in [1.82, 2.24) is 4.90 Å². The van der Waals surface area contributed by atoms with Gasteiger partial charge in [-0.1, -0.05) is 19.8 Å². The molecule has 0 fully saturated rings. The van der Waals surface area contributed by atoms with Gasteiger partial charge in [-0.3, -0.25) is 4.79 Å². The zero-order valence-electron chi connectivity index (χ0n) is 10.7. The number of aliphatic carboxylic acids is 1. The summed E-state index contributed by atoms with van der Waals surface area (Å²) in [7, 11) is 1.58. The Morgan fingerprint density at radius 1 is 1.58 bits per heavy atom. The van der Waals surface area contributed by atoms with Crippen LogP contribution in [-0.4, -0.2) is 36.1 Å². The summed E-state index contributed by atoms with van der Waals surface area (Å²) in [6.07, 6.45) is 0.397.